The van der Waals surface area contributed by atoms with Crippen molar-refractivity contribution in [3.8, 4) is 0 Å². The monoisotopic (exact) mass is 219 g/mol. The average molecular weight is 219 g/mol. The van der Waals surface area contributed by atoms with E-state index in [2.05, 4.69) is 5.16 Å². The average Bonchev–Trinajstić information content (AvgIpc) is 2.48. The number of hydrogen-bond donors (Lipinski definition) is 0. The first-order chi connectivity index (χ1) is 6.27. The first-order valence-corrected chi connectivity index (χ1v) is 4.91. The van der Waals surface area contributed by atoms with Crippen molar-refractivity contribution in [2.75, 3.05) is 0 Å². The van der Waals surface area contributed by atoms with Crippen LogP contribution in [0.15, 0.2) is 28.8 Å². The van der Waals surface area contributed by atoms with Gasteiger partial charge < -0.3 is 9.08 Å². The van der Waals surface area contributed by atoms with Crippen molar-refractivity contribution in [1.29, 1.82) is 0 Å². The molecule has 0 amide bonds. The molecule has 0 spiro atoms. The maximum Gasteiger partial charge on any atom is 1.00 e. The number of fused-ring (bicyclic) bond motifs is 1. The molecule has 0 aliphatic rings. The van der Waals surface area contributed by atoms with Crippen LogP contribution >= 0.6 is 0 Å². The maximum absolute atomic E-state index is 10.4. The van der Waals surface area contributed by atoms with Gasteiger partial charge in [-0.25, -0.2) is 0 Å². The van der Waals surface area contributed by atoms with Crippen LogP contribution in [-0.2, 0) is 16.8 Å². The van der Waals surface area contributed by atoms with Gasteiger partial charge in [0.1, 0.15) is 5.69 Å². The molecule has 1 unspecified atom stereocenters. The predicted molar refractivity (Wildman–Crippen MR) is 46.6 cm³/mol. The first-order valence-electron chi connectivity index (χ1n) is 3.66. The first kappa shape index (κ1) is 11.9. The fourth-order valence-electron chi connectivity index (χ4n) is 1.15. The SMILES string of the molecule is O=S([O-])Cc1noc2ccccc12.[Na+]. The van der Waals surface area contributed by atoms with E-state index in [-0.39, 0.29) is 35.3 Å². The Morgan fingerprint density at radius 2 is 2.14 bits per heavy atom. The molecule has 4 nitrogen and oxygen atoms in total. The molecular formula is C8H6NNaO3S. The van der Waals surface area contributed by atoms with Gasteiger partial charge in [0.15, 0.2) is 5.58 Å². The second kappa shape index (κ2) is 5.04. The Bertz CT molecular complexity index is 457. The Hall–Kier alpha value is -0.200. The second-order valence-corrected chi connectivity index (χ2v) is 3.47. The number of para-hydroxylation sites is 1. The molecule has 0 saturated heterocycles. The summed E-state index contributed by atoms with van der Waals surface area (Å²) in [7, 11) is 0. The fourth-order valence-corrected chi connectivity index (χ4v) is 1.59. The molecule has 0 radical (unpaired) electrons. The van der Waals surface area contributed by atoms with Gasteiger partial charge in [-0.1, -0.05) is 17.3 Å². The van der Waals surface area contributed by atoms with Crippen LogP contribution in [0.25, 0.3) is 11.0 Å². The molecule has 2 rings (SSSR count). The van der Waals surface area contributed by atoms with E-state index in [4.69, 9.17) is 4.52 Å². The standard InChI is InChI=1S/C8H7NO3S.Na/c10-13(11)5-7-6-3-1-2-4-8(6)12-9-7;/h1-4H,5H2,(H,10,11);/q;+1/p-1. The summed E-state index contributed by atoms with van der Waals surface area (Å²) >= 11 is -2.12. The molecule has 0 N–H and O–H groups in total. The zero-order valence-corrected chi connectivity index (χ0v) is 10.4. The van der Waals surface area contributed by atoms with Crippen molar-refractivity contribution in [1.82, 2.24) is 5.16 Å². The summed E-state index contributed by atoms with van der Waals surface area (Å²) < 4.78 is 25.8. The van der Waals surface area contributed by atoms with Crippen molar-refractivity contribution in [3.63, 3.8) is 0 Å². The summed E-state index contributed by atoms with van der Waals surface area (Å²) in [4.78, 5) is 0. The molecule has 0 aliphatic heterocycles. The van der Waals surface area contributed by atoms with E-state index in [9.17, 15) is 8.76 Å². The van der Waals surface area contributed by atoms with Crippen LogP contribution in [0.4, 0.5) is 0 Å². The van der Waals surface area contributed by atoms with Gasteiger partial charge in [0.2, 0.25) is 0 Å². The third-order valence-corrected chi connectivity index (χ3v) is 2.22. The van der Waals surface area contributed by atoms with E-state index in [0.29, 0.717) is 11.3 Å². The Labute approximate surface area is 105 Å². The molecule has 0 saturated carbocycles. The number of hydrogen-bond acceptors (Lipinski definition) is 4. The van der Waals surface area contributed by atoms with Crippen molar-refractivity contribution in [2.24, 2.45) is 0 Å². The summed E-state index contributed by atoms with van der Waals surface area (Å²) in [5, 5.41) is 4.42. The molecule has 1 atom stereocenters. The largest absolute Gasteiger partial charge is 1.00 e. The van der Waals surface area contributed by atoms with Gasteiger partial charge in [0.05, 0.1) is 5.75 Å². The Morgan fingerprint density at radius 3 is 2.86 bits per heavy atom. The third-order valence-electron chi connectivity index (χ3n) is 1.71. The van der Waals surface area contributed by atoms with Crippen LogP contribution in [0.3, 0.4) is 0 Å². The molecule has 0 bridgehead atoms. The number of nitrogens with zero attached hydrogens (tertiary/aromatic N) is 1. The summed E-state index contributed by atoms with van der Waals surface area (Å²) in [6, 6.07) is 7.16. The van der Waals surface area contributed by atoms with E-state index in [0.717, 1.165) is 5.39 Å². The third kappa shape index (κ3) is 2.43. The summed E-state index contributed by atoms with van der Waals surface area (Å²) in [5.74, 6) is -0.100. The minimum absolute atomic E-state index is 0. The Kier molecular flexibility index (Phi) is 4.28. The minimum atomic E-state index is -2.12. The van der Waals surface area contributed by atoms with Crippen LogP contribution in [-0.4, -0.2) is 13.9 Å². The van der Waals surface area contributed by atoms with E-state index in [1.807, 2.05) is 12.1 Å². The van der Waals surface area contributed by atoms with Crippen molar-refractivity contribution in [3.05, 3.63) is 30.0 Å². The van der Waals surface area contributed by atoms with Gasteiger partial charge in [-0.05, 0) is 23.2 Å². The smallest absolute Gasteiger partial charge is 0.772 e. The van der Waals surface area contributed by atoms with Crippen molar-refractivity contribution < 1.29 is 42.8 Å². The Morgan fingerprint density at radius 1 is 1.43 bits per heavy atom. The van der Waals surface area contributed by atoms with Gasteiger partial charge in [0.25, 0.3) is 0 Å². The van der Waals surface area contributed by atoms with Crippen LogP contribution < -0.4 is 29.6 Å². The molecular weight excluding hydrogens is 213 g/mol. The molecule has 1 aromatic carbocycles. The van der Waals surface area contributed by atoms with E-state index >= 15 is 0 Å². The molecule has 14 heavy (non-hydrogen) atoms. The zero-order valence-electron chi connectivity index (χ0n) is 7.60. The number of aromatic nitrogens is 1. The van der Waals surface area contributed by atoms with E-state index in [1.165, 1.54) is 0 Å². The van der Waals surface area contributed by atoms with Crippen LogP contribution in [0.2, 0.25) is 0 Å². The maximum atomic E-state index is 10.4. The summed E-state index contributed by atoms with van der Waals surface area (Å²) in [5.41, 5.74) is 1.08. The molecule has 1 heterocycles. The topological polar surface area (TPSA) is 66.2 Å². The number of benzene rings is 1. The summed E-state index contributed by atoms with van der Waals surface area (Å²) in [6.45, 7) is 0. The molecule has 68 valence electrons. The van der Waals surface area contributed by atoms with Crippen LogP contribution in [0.1, 0.15) is 5.69 Å². The molecule has 2 aromatic rings. The summed E-state index contributed by atoms with van der Waals surface area (Å²) in [6.07, 6.45) is 0. The molecule has 0 fully saturated rings. The number of rotatable bonds is 2. The van der Waals surface area contributed by atoms with E-state index in [1.54, 1.807) is 12.1 Å². The van der Waals surface area contributed by atoms with E-state index < -0.39 is 11.1 Å². The van der Waals surface area contributed by atoms with Gasteiger partial charge in [0, 0.05) is 5.39 Å². The fraction of sp³-hybridized carbons (Fsp3) is 0.125. The zero-order chi connectivity index (χ0) is 9.26. The van der Waals surface area contributed by atoms with Crippen molar-refractivity contribution in [2.45, 2.75) is 5.75 Å². The molecule has 1 aromatic heterocycles. The second-order valence-electron chi connectivity index (χ2n) is 2.57. The van der Waals surface area contributed by atoms with Crippen LogP contribution in [0, 0.1) is 0 Å². The Balaban J connectivity index is 0.000000980. The predicted octanol–water partition coefficient (Wildman–Crippen LogP) is -1.79. The van der Waals surface area contributed by atoms with Gasteiger partial charge in [-0.3, -0.25) is 4.21 Å². The van der Waals surface area contributed by atoms with Gasteiger partial charge in [-0.15, -0.1) is 0 Å². The molecule has 6 heteroatoms. The van der Waals surface area contributed by atoms with Gasteiger partial charge in [-0.2, -0.15) is 0 Å². The van der Waals surface area contributed by atoms with Gasteiger partial charge >= 0.3 is 29.6 Å². The minimum Gasteiger partial charge on any atom is -0.772 e. The molecule has 0 aliphatic carbocycles. The van der Waals surface area contributed by atoms with Crippen LogP contribution in [0.5, 0.6) is 0 Å². The van der Waals surface area contributed by atoms with Crippen molar-refractivity contribution >= 4 is 22.0 Å². The quantitative estimate of drug-likeness (QED) is 0.442. The normalized spacial score (nSPS) is 12.4.